The van der Waals surface area contributed by atoms with Gasteiger partial charge in [-0.15, -0.1) is 0 Å². The second kappa shape index (κ2) is 6.07. The van der Waals surface area contributed by atoms with Crippen molar-refractivity contribution in [2.24, 2.45) is 40.9 Å². The summed E-state index contributed by atoms with van der Waals surface area (Å²) in [5, 5.41) is 38.1. The van der Waals surface area contributed by atoms with Crippen LogP contribution >= 0.6 is 0 Å². The summed E-state index contributed by atoms with van der Waals surface area (Å²) in [5.41, 5.74) is -1.52. The van der Waals surface area contributed by atoms with Gasteiger partial charge in [0.1, 0.15) is 0 Å². The van der Waals surface area contributed by atoms with E-state index in [2.05, 4.69) is 0 Å². The molecule has 0 heterocycles. The van der Waals surface area contributed by atoms with Crippen LogP contribution in [0.2, 0.25) is 0 Å². The lowest BCUT2D eigenvalue weighted by atomic mass is 9.37. The van der Waals surface area contributed by atoms with Crippen LogP contribution in [0.4, 0.5) is 0 Å². The second-order valence-corrected chi connectivity index (χ2v) is 7.00. The first-order chi connectivity index (χ1) is 11.1. The van der Waals surface area contributed by atoms with Crippen molar-refractivity contribution in [3.8, 4) is 0 Å². The third-order valence-corrected chi connectivity index (χ3v) is 6.11. The summed E-state index contributed by atoms with van der Waals surface area (Å²) in [7, 11) is 0. The molecule has 0 bridgehead atoms. The lowest BCUT2D eigenvalue weighted by Crippen LogP contribution is -2.69. The molecule has 0 aromatic rings. The molecular weight excluding hydrogens is 320 g/mol. The SMILES string of the molecule is CCCC1(C(=O)O)C2CC(C(=O)O)C(C(=O)O)C(C)C2C1C(=O)O. The van der Waals surface area contributed by atoms with Gasteiger partial charge in [-0.25, -0.2) is 0 Å². The molecule has 134 valence electrons. The Labute approximate surface area is 138 Å². The lowest BCUT2D eigenvalue weighted by molar-refractivity contribution is -0.227. The van der Waals surface area contributed by atoms with Crippen LogP contribution in [-0.4, -0.2) is 44.3 Å². The predicted molar refractivity (Wildman–Crippen MR) is 79.1 cm³/mol. The zero-order valence-corrected chi connectivity index (χ0v) is 13.5. The third kappa shape index (κ3) is 2.27. The highest BCUT2D eigenvalue weighted by atomic mass is 16.4. The quantitative estimate of drug-likeness (QED) is 0.563. The van der Waals surface area contributed by atoms with E-state index in [0.717, 1.165) is 0 Å². The molecule has 2 aliphatic rings. The summed E-state index contributed by atoms with van der Waals surface area (Å²) in [4.78, 5) is 46.7. The number of aliphatic carboxylic acids is 4. The molecule has 0 saturated heterocycles. The molecular formula is C16H22O8. The molecule has 0 spiro atoms. The van der Waals surface area contributed by atoms with Gasteiger partial charge in [0.25, 0.3) is 0 Å². The maximum absolute atomic E-state index is 11.9. The Hall–Kier alpha value is -2.12. The van der Waals surface area contributed by atoms with Gasteiger partial charge in [0.05, 0.1) is 23.2 Å². The van der Waals surface area contributed by atoms with Crippen LogP contribution in [-0.2, 0) is 19.2 Å². The highest BCUT2D eigenvalue weighted by Gasteiger charge is 2.73. The molecule has 0 aromatic carbocycles. The van der Waals surface area contributed by atoms with Gasteiger partial charge in [-0.2, -0.15) is 0 Å². The highest BCUT2D eigenvalue weighted by molar-refractivity contribution is 5.88. The van der Waals surface area contributed by atoms with E-state index in [1.807, 2.05) is 0 Å². The van der Waals surface area contributed by atoms with Gasteiger partial charge >= 0.3 is 23.9 Å². The van der Waals surface area contributed by atoms with Crippen LogP contribution in [0.15, 0.2) is 0 Å². The summed E-state index contributed by atoms with van der Waals surface area (Å²) in [6.07, 6.45) is 0.475. The number of hydrogen-bond acceptors (Lipinski definition) is 4. The zero-order valence-electron chi connectivity index (χ0n) is 13.5. The molecule has 24 heavy (non-hydrogen) atoms. The Morgan fingerprint density at radius 2 is 1.58 bits per heavy atom. The monoisotopic (exact) mass is 342 g/mol. The minimum Gasteiger partial charge on any atom is -0.481 e. The van der Waals surface area contributed by atoms with E-state index < -0.39 is 64.8 Å². The standard InChI is InChI=1S/C16H22O8/c1-3-4-16(15(23)24)8-5-7(12(17)18)9(13(19)20)6(2)10(8)11(16)14(21)22/h6-11H,3-5H2,1-2H3,(H,17,18)(H,19,20)(H,21,22)(H,23,24). The Morgan fingerprint density at radius 3 is 1.96 bits per heavy atom. The summed E-state index contributed by atoms with van der Waals surface area (Å²) in [6.45, 7) is 3.27. The average Bonchev–Trinajstić information content (AvgIpc) is 2.43. The van der Waals surface area contributed by atoms with Crippen molar-refractivity contribution in [1.82, 2.24) is 0 Å². The topological polar surface area (TPSA) is 149 Å². The fourth-order valence-electron chi connectivity index (χ4n) is 5.28. The molecule has 2 fully saturated rings. The fraction of sp³-hybridized carbons (Fsp3) is 0.750. The Morgan fingerprint density at radius 1 is 1.00 bits per heavy atom. The van der Waals surface area contributed by atoms with Crippen molar-refractivity contribution in [3.63, 3.8) is 0 Å². The minimum absolute atomic E-state index is 0.114. The van der Waals surface area contributed by atoms with Crippen molar-refractivity contribution in [2.45, 2.75) is 33.1 Å². The first-order valence-corrected chi connectivity index (χ1v) is 8.03. The number of carboxylic acids is 4. The van der Waals surface area contributed by atoms with Gasteiger partial charge in [-0.05, 0) is 30.6 Å². The highest BCUT2D eigenvalue weighted by Crippen LogP contribution is 2.67. The molecule has 8 heteroatoms. The molecule has 7 unspecified atom stereocenters. The van der Waals surface area contributed by atoms with Crippen molar-refractivity contribution in [1.29, 1.82) is 0 Å². The van der Waals surface area contributed by atoms with E-state index in [1.54, 1.807) is 6.92 Å². The maximum atomic E-state index is 11.9. The summed E-state index contributed by atoms with van der Waals surface area (Å²) in [5.74, 6) is -10.6. The van der Waals surface area contributed by atoms with E-state index in [1.165, 1.54) is 6.92 Å². The van der Waals surface area contributed by atoms with Gasteiger partial charge in [0.2, 0.25) is 0 Å². The first-order valence-electron chi connectivity index (χ1n) is 8.03. The number of hydrogen-bond donors (Lipinski definition) is 4. The van der Waals surface area contributed by atoms with E-state index >= 15 is 0 Å². The van der Waals surface area contributed by atoms with Gasteiger partial charge in [0.15, 0.2) is 0 Å². The van der Waals surface area contributed by atoms with Crippen LogP contribution in [0.1, 0.15) is 33.1 Å². The average molecular weight is 342 g/mol. The molecule has 2 aliphatic carbocycles. The Balaban J connectivity index is 2.52. The van der Waals surface area contributed by atoms with Crippen LogP contribution in [0.3, 0.4) is 0 Å². The third-order valence-electron chi connectivity index (χ3n) is 6.11. The summed E-state index contributed by atoms with van der Waals surface area (Å²) >= 11 is 0. The van der Waals surface area contributed by atoms with Crippen LogP contribution in [0, 0.1) is 40.9 Å². The van der Waals surface area contributed by atoms with Gasteiger partial charge < -0.3 is 20.4 Å². The normalized spacial score (nSPS) is 40.9. The van der Waals surface area contributed by atoms with E-state index in [-0.39, 0.29) is 12.8 Å². The van der Waals surface area contributed by atoms with Crippen molar-refractivity contribution < 1.29 is 39.6 Å². The van der Waals surface area contributed by atoms with Gasteiger partial charge in [0, 0.05) is 0 Å². The molecule has 0 amide bonds. The van der Waals surface area contributed by atoms with Gasteiger partial charge in [-0.1, -0.05) is 20.3 Å². The number of carbonyl (C=O) groups is 4. The molecule has 2 saturated carbocycles. The van der Waals surface area contributed by atoms with Crippen molar-refractivity contribution >= 4 is 23.9 Å². The molecule has 0 radical (unpaired) electrons. The van der Waals surface area contributed by atoms with E-state index in [4.69, 9.17) is 0 Å². The summed E-state index contributed by atoms with van der Waals surface area (Å²) in [6, 6.07) is 0. The van der Waals surface area contributed by atoms with Crippen LogP contribution in [0.25, 0.3) is 0 Å². The molecule has 8 nitrogen and oxygen atoms in total. The van der Waals surface area contributed by atoms with Crippen molar-refractivity contribution in [2.75, 3.05) is 0 Å². The predicted octanol–water partition coefficient (Wildman–Crippen LogP) is 1.25. The maximum Gasteiger partial charge on any atom is 0.310 e. The fourth-order valence-corrected chi connectivity index (χ4v) is 5.28. The molecule has 2 rings (SSSR count). The zero-order chi connectivity index (χ0) is 18.4. The molecule has 7 atom stereocenters. The van der Waals surface area contributed by atoms with Gasteiger partial charge in [-0.3, -0.25) is 19.2 Å². The number of rotatable bonds is 6. The minimum atomic E-state index is -1.52. The number of carboxylic acid groups (broad SMARTS) is 4. The van der Waals surface area contributed by atoms with Crippen LogP contribution in [0.5, 0.6) is 0 Å². The Kier molecular flexibility index (Phi) is 4.61. The van der Waals surface area contributed by atoms with Crippen molar-refractivity contribution in [3.05, 3.63) is 0 Å². The first kappa shape index (κ1) is 18.2. The van der Waals surface area contributed by atoms with Crippen LogP contribution < -0.4 is 0 Å². The lowest BCUT2D eigenvalue weighted by Gasteiger charge is -2.63. The Bertz CT molecular complexity index is 585. The molecule has 4 N–H and O–H groups in total. The van der Waals surface area contributed by atoms with E-state index in [0.29, 0.717) is 6.42 Å². The largest absolute Gasteiger partial charge is 0.481 e. The van der Waals surface area contributed by atoms with E-state index in [9.17, 15) is 39.6 Å². The molecule has 0 aromatic heterocycles. The smallest absolute Gasteiger partial charge is 0.310 e. The summed E-state index contributed by atoms with van der Waals surface area (Å²) < 4.78 is 0. The second-order valence-electron chi connectivity index (χ2n) is 7.00. The number of fused-ring (bicyclic) bond motifs is 1. The molecule has 0 aliphatic heterocycles.